The number of nitrogens with one attached hydrogen (secondary N) is 1. The minimum Gasteiger partial charge on any atom is -0.466 e. The molecular weight excluding hydrogens is 947 g/mol. The fraction of sp³-hybridized carbons (Fsp3) is 0.972. The van der Waals surface area contributed by atoms with E-state index < -0.39 is 12.1 Å². The van der Waals surface area contributed by atoms with Gasteiger partial charge in [-0.2, -0.15) is 0 Å². The molecule has 6 heteroatoms. The van der Waals surface area contributed by atoms with Crippen molar-refractivity contribution in [2.24, 2.45) is 0 Å². The van der Waals surface area contributed by atoms with E-state index in [2.05, 4.69) is 19.2 Å². The van der Waals surface area contributed by atoms with Crippen LogP contribution < -0.4 is 5.32 Å². The first-order valence-corrected chi connectivity index (χ1v) is 35.8. The maximum absolute atomic E-state index is 12.5. The maximum Gasteiger partial charge on any atom is 0.305 e. The second-order valence-corrected chi connectivity index (χ2v) is 24.9. The fourth-order valence-corrected chi connectivity index (χ4v) is 11.7. The summed E-state index contributed by atoms with van der Waals surface area (Å²) in [5.41, 5.74) is 0. The minimum absolute atomic E-state index is 0.0255. The number of carbonyl (C=O) groups is 2. The first-order valence-electron chi connectivity index (χ1n) is 35.8. The Bertz CT molecular complexity index is 1120. The van der Waals surface area contributed by atoms with Crippen molar-refractivity contribution in [1.29, 1.82) is 0 Å². The number of carbonyl (C=O) groups excluding carboxylic acids is 2. The number of unbranched alkanes of at least 4 members (excludes halogenated alkanes) is 57. The Morgan fingerprint density at radius 3 is 0.792 bits per heavy atom. The Morgan fingerprint density at radius 1 is 0.312 bits per heavy atom. The third-order valence-electron chi connectivity index (χ3n) is 17.2. The largest absolute Gasteiger partial charge is 0.466 e. The van der Waals surface area contributed by atoms with Crippen LogP contribution in [0.2, 0.25) is 0 Å². The number of esters is 1. The zero-order valence-corrected chi connectivity index (χ0v) is 52.7. The van der Waals surface area contributed by atoms with E-state index in [1.807, 2.05) is 0 Å². The van der Waals surface area contributed by atoms with E-state index >= 15 is 0 Å². The predicted molar refractivity (Wildman–Crippen MR) is 338 cm³/mol. The standard InChI is InChI=1S/C71H141NO5/c1-3-5-7-9-11-13-15-17-18-19-31-35-38-41-45-49-53-57-61-65-71(76)77-66-62-58-54-50-46-42-39-36-33-30-28-26-24-22-20-21-23-25-27-29-32-34-37-40-44-48-52-56-60-64-70(75)72-68(67-73)69(74)63-59-55-51-47-43-16-14-12-10-8-6-4-2/h68-69,73-74H,3-67H2,1-2H3,(H,72,75). The molecule has 0 saturated heterocycles. The molecule has 6 nitrogen and oxygen atoms in total. The van der Waals surface area contributed by atoms with Gasteiger partial charge in [-0.1, -0.05) is 380 Å². The molecule has 2 unspecified atom stereocenters. The molecule has 77 heavy (non-hydrogen) atoms. The summed E-state index contributed by atoms with van der Waals surface area (Å²) in [6.07, 6.45) is 81.7. The molecule has 0 saturated carbocycles. The summed E-state index contributed by atoms with van der Waals surface area (Å²) >= 11 is 0. The van der Waals surface area contributed by atoms with Gasteiger partial charge in [-0.15, -0.1) is 0 Å². The molecule has 2 atom stereocenters. The van der Waals surface area contributed by atoms with Crippen LogP contribution in [-0.2, 0) is 14.3 Å². The Kier molecular flexibility index (Phi) is 66.4. The van der Waals surface area contributed by atoms with Gasteiger partial charge in [0.15, 0.2) is 0 Å². The zero-order chi connectivity index (χ0) is 55.7. The molecule has 0 fully saturated rings. The number of rotatable bonds is 68. The van der Waals surface area contributed by atoms with Crippen molar-refractivity contribution >= 4 is 11.9 Å². The average Bonchev–Trinajstić information content (AvgIpc) is 3.43. The SMILES string of the molecule is CCCCCCCCCCCCCCCCCCCCCC(=O)OCCCCCCCCCCCCCCCCCCCCCCCCCCCCCCCC(=O)NC(CO)C(O)CCCCCCCCCCCCCC. The molecule has 1 amide bonds. The number of aliphatic hydroxyl groups excluding tert-OH is 2. The molecule has 0 rings (SSSR count). The molecular formula is C71H141NO5. The third-order valence-corrected chi connectivity index (χ3v) is 17.2. The highest BCUT2D eigenvalue weighted by Crippen LogP contribution is 2.20. The summed E-state index contributed by atoms with van der Waals surface area (Å²) in [5.74, 6) is -0.00356. The Hall–Kier alpha value is -1.14. The smallest absolute Gasteiger partial charge is 0.305 e. The van der Waals surface area contributed by atoms with Gasteiger partial charge in [0, 0.05) is 12.8 Å². The molecule has 0 aromatic rings. The highest BCUT2D eigenvalue weighted by molar-refractivity contribution is 5.76. The predicted octanol–water partition coefficient (Wildman–Crippen LogP) is 23.0. The molecule has 0 aliphatic carbocycles. The number of ether oxygens (including phenoxy) is 1. The molecule has 0 heterocycles. The molecule has 0 bridgehead atoms. The van der Waals surface area contributed by atoms with Gasteiger partial charge in [-0.05, 0) is 25.7 Å². The van der Waals surface area contributed by atoms with Crippen LogP contribution >= 0.6 is 0 Å². The summed E-state index contributed by atoms with van der Waals surface area (Å²) in [5, 5.41) is 23.3. The highest BCUT2D eigenvalue weighted by Gasteiger charge is 2.20. The normalized spacial score (nSPS) is 12.4. The van der Waals surface area contributed by atoms with Crippen molar-refractivity contribution in [2.45, 2.75) is 431 Å². The highest BCUT2D eigenvalue weighted by atomic mass is 16.5. The molecule has 0 aromatic carbocycles. The van der Waals surface area contributed by atoms with E-state index in [0.29, 0.717) is 25.9 Å². The van der Waals surface area contributed by atoms with E-state index in [1.165, 1.54) is 347 Å². The lowest BCUT2D eigenvalue weighted by Gasteiger charge is -2.22. The molecule has 0 spiro atoms. The Balaban J connectivity index is 3.29. The van der Waals surface area contributed by atoms with Gasteiger partial charge >= 0.3 is 5.97 Å². The van der Waals surface area contributed by atoms with Gasteiger partial charge in [-0.25, -0.2) is 0 Å². The van der Waals surface area contributed by atoms with Crippen molar-refractivity contribution in [2.75, 3.05) is 13.2 Å². The molecule has 0 aliphatic heterocycles. The summed E-state index contributed by atoms with van der Waals surface area (Å²) in [7, 11) is 0. The average molecular weight is 1090 g/mol. The summed E-state index contributed by atoms with van der Waals surface area (Å²) in [4.78, 5) is 24.6. The first kappa shape index (κ1) is 75.9. The molecule has 3 N–H and O–H groups in total. The van der Waals surface area contributed by atoms with Gasteiger partial charge in [-0.3, -0.25) is 9.59 Å². The third kappa shape index (κ3) is 63.9. The van der Waals surface area contributed by atoms with Crippen LogP contribution in [0.1, 0.15) is 418 Å². The van der Waals surface area contributed by atoms with Crippen LogP contribution in [-0.4, -0.2) is 47.4 Å². The second kappa shape index (κ2) is 67.4. The van der Waals surface area contributed by atoms with Gasteiger partial charge in [0.05, 0.1) is 25.4 Å². The summed E-state index contributed by atoms with van der Waals surface area (Å²) in [6, 6.07) is -0.536. The lowest BCUT2D eigenvalue weighted by Crippen LogP contribution is -2.45. The number of aliphatic hydroxyl groups is 2. The maximum atomic E-state index is 12.5. The summed E-state index contributed by atoms with van der Waals surface area (Å²) < 4.78 is 5.52. The first-order chi connectivity index (χ1) is 38.0. The molecule has 0 radical (unpaired) electrons. The van der Waals surface area contributed by atoms with Crippen molar-refractivity contribution in [3.05, 3.63) is 0 Å². The van der Waals surface area contributed by atoms with E-state index in [-0.39, 0.29) is 18.5 Å². The lowest BCUT2D eigenvalue weighted by molar-refractivity contribution is -0.143. The number of hydrogen-bond acceptors (Lipinski definition) is 5. The van der Waals surface area contributed by atoms with Crippen LogP contribution in [0.25, 0.3) is 0 Å². The van der Waals surface area contributed by atoms with Gasteiger partial charge in [0.1, 0.15) is 0 Å². The van der Waals surface area contributed by atoms with Crippen LogP contribution in [0.15, 0.2) is 0 Å². The van der Waals surface area contributed by atoms with Crippen LogP contribution in [0.4, 0.5) is 0 Å². The molecule has 460 valence electrons. The van der Waals surface area contributed by atoms with E-state index in [9.17, 15) is 19.8 Å². The van der Waals surface area contributed by atoms with E-state index in [0.717, 1.165) is 38.5 Å². The lowest BCUT2D eigenvalue weighted by atomic mass is 10.0. The summed E-state index contributed by atoms with van der Waals surface area (Å²) in [6.45, 7) is 5.00. The quantitative estimate of drug-likeness (QED) is 0.0417. The monoisotopic (exact) mass is 1090 g/mol. The van der Waals surface area contributed by atoms with Crippen molar-refractivity contribution in [1.82, 2.24) is 5.32 Å². The minimum atomic E-state index is -0.659. The molecule has 0 aromatic heterocycles. The van der Waals surface area contributed by atoms with Crippen molar-refractivity contribution < 1.29 is 24.5 Å². The van der Waals surface area contributed by atoms with E-state index in [1.54, 1.807) is 0 Å². The van der Waals surface area contributed by atoms with Crippen LogP contribution in [0.3, 0.4) is 0 Å². The topological polar surface area (TPSA) is 95.9 Å². The number of amides is 1. The van der Waals surface area contributed by atoms with Crippen molar-refractivity contribution in [3.8, 4) is 0 Å². The van der Waals surface area contributed by atoms with Crippen molar-refractivity contribution in [3.63, 3.8) is 0 Å². The van der Waals surface area contributed by atoms with Gasteiger partial charge in [0.2, 0.25) is 5.91 Å². The van der Waals surface area contributed by atoms with E-state index in [4.69, 9.17) is 4.74 Å². The van der Waals surface area contributed by atoms with Crippen LogP contribution in [0.5, 0.6) is 0 Å². The number of hydrogen-bond donors (Lipinski definition) is 3. The Morgan fingerprint density at radius 2 is 0.532 bits per heavy atom. The fourth-order valence-electron chi connectivity index (χ4n) is 11.7. The zero-order valence-electron chi connectivity index (χ0n) is 52.7. The second-order valence-electron chi connectivity index (χ2n) is 24.9. The van der Waals surface area contributed by atoms with Gasteiger partial charge in [0.25, 0.3) is 0 Å². The molecule has 0 aliphatic rings. The van der Waals surface area contributed by atoms with Gasteiger partial charge < -0.3 is 20.3 Å². The Labute approximate surface area is 483 Å². The van der Waals surface area contributed by atoms with Crippen LogP contribution in [0, 0.1) is 0 Å².